The molecule has 7 aliphatic rings. The molecule has 0 radical (unpaired) electrons. The van der Waals surface area contributed by atoms with Crippen LogP contribution in [0.3, 0.4) is 0 Å². The van der Waals surface area contributed by atoms with E-state index < -0.39 is 113 Å². The van der Waals surface area contributed by atoms with E-state index in [-0.39, 0.29) is 51.4 Å². The largest absolute Gasteiger partial charge is 0.508 e. The number of amides is 1. The van der Waals surface area contributed by atoms with Gasteiger partial charge in [0, 0.05) is 60.8 Å². The van der Waals surface area contributed by atoms with Crippen molar-refractivity contribution in [3.8, 4) is 11.5 Å². The Morgan fingerprint density at radius 3 is 2.28 bits per heavy atom. The molecular formula is C42H50N2O14. The quantitative estimate of drug-likeness (QED) is 0.313. The Morgan fingerprint density at radius 2 is 1.60 bits per heavy atom. The van der Waals surface area contributed by atoms with E-state index in [1.54, 1.807) is 19.9 Å². The van der Waals surface area contributed by atoms with Crippen molar-refractivity contribution < 1.29 is 67.7 Å². The highest BCUT2D eigenvalue weighted by molar-refractivity contribution is 6.32. The van der Waals surface area contributed by atoms with Crippen molar-refractivity contribution >= 4 is 35.1 Å². The number of aliphatic hydroxyl groups excluding tert-OH is 2. The number of phenolic OH excluding ortho intramolecular Hbond substituents is 1. The predicted molar refractivity (Wildman–Crippen MR) is 203 cm³/mol. The van der Waals surface area contributed by atoms with Crippen LogP contribution in [0.2, 0.25) is 0 Å². The van der Waals surface area contributed by atoms with Crippen molar-refractivity contribution in [3.63, 3.8) is 0 Å². The molecule has 7 bridgehead atoms. The highest BCUT2D eigenvalue weighted by atomic mass is 16.7. The number of allylic oxidation sites excluding steroid dienone is 3. The van der Waals surface area contributed by atoms with Gasteiger partial charge in [0.25, 0.3) is 11.7 Å². The van der Waals surface area contributed by atoms with E-state index in [0.717, 1.165) is 6.08 Å². The summed E-state index contributed by atoms with van der Waals surface area (Å²) in [7, 11) is 1.46. The molecule has 1 amide bonds. The number of benzene rings is 1. The topological polar surface area (TPSA) is 226 Å². The Morgan fingerprint density at radius 1 is 0.914 bits per heavy atom. The lowest BCUT2D eigenvalue weighted by atomic mass is 9.79. The average molecular weight is 807 g/mol. The maximum atomic E-state index is 14.5. The highest BCUT2D eigenvalue weighted by Gasteiger charge is 2.54. The smallest absolute Gasteiger partial charge is 0.507 e. The molecule has 13 atom stereocenters. The van der Waals surface area contributed by atoms with Crippen LogP contribution >= 0.6 is 0 Å². The number of Topliss-reactive ketones (excluding diaryl/α,β-unsaturated/α-hetero) is 2. The number of rotatable bonds is 2. The molecule has 5 heterocycles. The molecule has 16 nitrogen and oxygen atoms in total. The van der Waals surface area contributed by atoms with Gasteiger partial charge in [-0.25, -0.2) is 4.79 Å². The van der Waals surface area contributed by atoms with Crippen molar-refractivity contribution in [1.82, 2.24) is 5.32 Å². The second kappa shape index (κ2) is 15.4. The van der Waals surface area contributed by atoms with E-state index >= 15 is 0 Å². The van der Waals surface area contributed by atoms with Crippen molar-refractivity contribution in [3.05, 3.63) is 58.0 Å². The molecule has 0 aromatic heterocycles. The number of aliphatic hydroxyl groups is 2. The van der Waals surface area contributed by atoms with Crippen molar-refractivity contribution in [2.75, 3.05) is 7.11 Å². The summed E-state index contributed by atoms with van der Waals surface area (Å²) >= 11 is 0. The molecule has 8 rings (SSSR count). The van der Waals surface area contributed by atoms with Gasteiger partial charge in [-0.15, -0.1) is 0 Å². The summed E-state index contributed by atoms with van der Waals surface area (Å²) in [5.74, 6) is -7.79. The van der Waals surface area contributed by atoms with Gasteiger partial charge < -0.3 is 49.1 Å². The number of nitrogens with zero attached hydrogens (tertiary/aromatic N) is 1. The van der Waals surface area contributed by atoms with Crippen LogP contribution < -0.4 is 10.1 Å². The number of carbonyl (C=O) groups is 5. The first kappa shape index (κ1) is 41.3. The lowest BCUT2D eigenvalue weighted by Gasteiger charge is -2.42. The molecule has 5 aliphatic heterocycles. The number of fused-ring (bicyclic) bond motifs is 8. The molecule has 2 saturated heterocycles. The molecule has 58 heavy (non-hydrogen) atoms. The molecule has 312 valence electrons. The maximum absolute atomic E-state index is 14.5. The molecule has 3 fully saturated rings. The summed E-state index contributed by atoms with van der Waals surface area (Å²) in [6.07, 6.45) is 0.486. The third-order valence-electron chi connectivity index (χ3n) is 12.6. The fourth-order valence-electron chi connectivity index (χ4n) is 8.95. The first-order valence-electron chi connectivity index (χ1n) is 19.6. The summed E-state index contributed by atoms with van der Waals surface area (Å²) in [5, 5.41) is 35.8. The Hall–Kier alpha value is -4.90. The fraction of sp³-hybridized carbons (Fsp3) is 0.571. The number of ketones is 3. The summed E-state index contributed by atoms with van der Waals surface area (Å²) in [4.78, 5) is 73.5. The van der Waals surface area contributed by atoms with E-state index in [2.05, 4.69) is 5.32 Å². The molecule has 4 N–H and O–H groups in total. The molecule has 1 aromatic rings. The van der Waals surface area contributed by atoms with E-state index in [9.17, 15) is 39.3 Å². The summed E-state index contributed by atoms with van der Waals surface area (Å²) in [5.41, 5.74) is -0.569. The van der Waals surface area contributed by atoms with Crippen LogP contribution in [0.1, 0.15) is 92.6 Å². The monoisotopic (exact) mass is 806 g/mol. The Balaban J connectivity index is 1.33. The van der Waals surface area contributed by atoms with Gasteiger partial charge in [-0.3, -0.25) is 24.2 Å². The molecule has 13 unspecified atom stereocenters. The Labute approximate surface area is 335 Å². The number of hydrogen-bond donors (Lipinski definition) is 4. The van der Waals surface area contributed by atoms with Gasteiger partial charge in [-0.1, -0.05) is 20.8 Å². The first-order valence-corrected chi connectivity index (χ1v) is 19.6. The van der Waals surface area contributed by atoms with Crippen LogP contribution in [0.4, 0.5) is 4.79 Å². The van der Waals surface area contributed by atoms with Gasteiger partial charge in [-0.2, -0.15) is 0 Å². The number of phenols is 1. The highest BCUT2D eigenvalue weighted by Crippen LogP contribution is 2.49. The molecule has 1 saturated carbocycles. The maximum Gasteiger partial charge on any atom is 0.508 e. The summed E-state index contributed by atoms with van der Waals surface area (Å²) < 4.78 is 34.9. The number of carbonyl (C=O) groups excluding carboxylic acids is 5. The first-order chi connectivity index (χ1) is 27.4. The second-order valence-corrected chi connectivity index (χ2v) is 16.5. The predicted octanol–water partition coefficient (Wildman–Crippen LogP) is 3.75. The Bertz CT molecular complexity index is 2070. The van der Waals surface area contributed by atoms with Crippen LogP contribution in [-0.2, 0) is 33.3 Å². The van der Waals surface area contributed by atoms with Crippen LogP contribution in [0.5, 0.6) is 11.5 Å². The van der Waals surface area contributed by atoms with Crippen molar-refractivity contribution in [1.29, 1.82) is 0 Å². The minimum absolute atomic E-state index is 0.0238. The van der Waals surface area contributed by atoms with Gasteiger partial charge in [0.05, 0.1) is 53.2 Å². The zero-order valence-electron chi connectivity index (χ0n) is 33.6. The van der Waals surface area contributed by atoms with Gasteiger partial charge in [0.1, 0.15) is 23.7 Å². The number of aromatic hydroxyl groups is 1. The van der Waals surface area contributed by atoms with Gasteiger partial charge in [0.15, 0.2) is 12.1 Å². The SMILES string of the molecule is COC1/C=C/OC2(C)Oc3c(C)c(O)c4c(c3C2=O)/C(=N/C2CCC(O)OC2C)C=C(NC(=O)/C(C)=C\C(=O)C2CC2C(O)C(C)C2OC(=O)OC(C1C)C2C)C4=O. The third kappa shape index (κ3) is 7.13. The van der Waals surface area contributed by atoms with E-state index in [4.69, 9.17) is 33.4 Å². The van der Waals surface area contributed by atoms with Crippen LogP contribution in [0.25, 0.3) is 0 Å². The molecule has 16 heteroatoms. The molecule has 1 aromatic carbocycles. The van der Waals surface area contributed by atoms with Crippen LogP contribution in [-0.4, -0.2) is 106 Å². The normalized spacial score (nSPS) is 39.9. The Kier molecular flexibility index (Phi) is 10.9. The van der Waals surface area contributed by atoms with Crippen molar-refractivity contribution in [2.45, 2.75) is 116 Å². The zero-order chi connectivity index (χ0) is 42.1. The second-order valence-electron chi connectivity index (χ2n) is 16.5. The standard InChI is InChI=1S/C42H50N2O14/c1-16-13-27(45)22-14-23(22)33(47)18(3)37-20(5)36(56-41(52)57-37)17(2)28(53-8)11-12-54-42(7)39(50)32-30-25(43-24-9-10-29(46)55-21(24)6)15-26(44-40(16)51)35(49)31(30)34(48)19(4)38(32)58-42/h11-13,15,17-18,20-24,28-29,33,36-37,46-48H,9-10,14H2,1-8H3,(H,44,51)/b12-11+,16-13-,43-25+. The number of hydrogen-bond acceptors (Lipinski definition) is 15. The minimum Gasteiger partial charge on any atom is -0.507 e. The van der Waals surface area contributed by atoms with E-state index in [1.165, 1.54) is 40.2 Å². The van der Waals surface area contributed by atoms with E-state index in [1.807, 2.05) is 13.8 Å². The van der Waals surface area contributed by atoms with Gasteiger partial charge in [0.2, 0.25) is 5.78 Å². The fourth-order valence-corrected chi connectivity index (χ4v) is 8.95. The average Bonchev–Trinajstić information content (AvgIpc) is 3.94. The van der Waals surface area contributed by atoms with Gasteiger partial charge in [-0.05, 0) is 57.8 Å². The third-order valence-corrected chi connectivity index (χ3v) is 12.6. The van der Waals surface area contributed by atoms with Crippen molar-refractivity contribution in [2.24, 2.45) is 34.6 Å². The molecular weight excluding hydrogens is 756 g/mol. The van der Waals surface area contributed by atoms with E-state index in [0.29, 0.717) is 12.8 Å². The number of ether oxygens (including phenoxy) is 6. The summed E-state index contributed by atoms with van der Waals surface area (Å²) in [6, 6.07) is -0.564. The number of methoxy groups -OCH3 is 1. The van der Waals surface area contributed by atoms with Gasteiger partial charge >= 0.3 is 11.9 Å². The lowest BCUT2D eigenvalue weighted by Crippen LogP contribution is -2.52. The minimum atomic E-state index is -2.00. The molecule has 0 spiro atoms. The summed E-state index contributed by atoms with van der Waals surface area (Å²) in [6.45, 7) is 11.4. The zero-order valence-corrected chi connectivity index (χ0v) is 33.6. The van der Waals surface area contributed by atoms with Crippen LogP contribution in [0, 0.1) is 36.5 Å². The van der Waals surface area contributed by atoms with Crippen LogP contribution in [0.15, 0.2) is 40.8 Å². The number of aliphatic imine (C=N–C) groups is 1. The number of nitrogens with one attached hydrogen (secondary N) is 1. The molecule has 2 aliphatic carbocycles. The lowest BCUT2D eigenvalue weighted by molar-refractivity contribution is -0.162.